The minimum absolute atomic E-state index is 0.0320. The minimum atomic E-state index is -0.729. The Morgan fingerprint density at radius 1 is 1.42 bits per heavy atom. The quantitative estimate of drug-likeness (QED) is 0.662. The Balaban J connectivity index is 1.55. The van der Waals surface area contributed by atoms with E-state index >= 15 is 0 Å². The number of carbonyl (C=O) groups excluding carboxylic acids is 1. The highest BCUT2D eigenvalue weighted by Crippen LogP contribution is 2.32. The lowest BCUT2D eigenvalue weighted by Crippen LogP contribution is -2.62. The highest BCUT2D eigenvalue weighted by molar-refractivity contribution is 6.99. The van der Waals surface area contributed by atoms with Crippen LogP contribution in [-0.2, 0) is 0 Å². The lowest BCUT2D eigenvalue weighted by atomic mass is 9.87. The summed E-state index contributed by atoms with van der Waals surface area (Å²) in [5, 5.41) is 16.7. The molecule has 3 rings (SSSR count). The van der Waals surface area contributed by atoms with E-state index in [1.54, 1.807) is 0 Å². The topological polar surface area (TPSA) is 99.6 Å². The van der Waals surface area contributed by atoms with E-state index in [-0.39, 0.29) is 29.3 Å². The Hall–Kier alpha value is -1.16. The maximum Gasteiger partial charge on any atom is 0.318 e. The van der Waals surface area contributed by atoms with Gasteiger partial charge in [0.2, 0.25) is 5.15 Å². The average molecular weight is 376 g/mol. The van der Waals surface area contributed by atoms with Crippen LogP contribution in [0.15, 0.2) is 0 Å². The van der Waals surface area contributed by atoms with Gasteiger partial charge in [0.1, 0.15) is 12.7 Å². The molecule has 1 aromatic heterocycles. The number of halogens is 1. The summed E-state index contributed by atoms with van der Waals surface area (Å²) in [7, 11) is 0. The van der Waals surface area contributed by atoms with Gasteiger partial charge in [0, 0.05) is 19.6 Å². The minimum Gasteiger partial charge on any atom is -0.472 e. The summed E-state index contributed by atoms with van der Waals surface area (Å²) in [6.07, 6.45) is 4.39. The van der Waals surface area contributed by atoms with Gasteiger partial charge in [-0.25, -0.2) is 4.79 Å². The molecule has 2 amide bonds. The lowest BCUT2D eigenvalue weighted by Gasteiger charge is -2.45. The number of hydrogen-bond donors (Lipinski definition) is 3. The summed E-state index contributed by atoms with van der Waals surface area (Å²) < 4.78 is 13.1. The highest BCUT2D eigenvalue weighted by Gasteiger charge is 2.42. The van der Waals surface area contributed by atoms with Crippen molar-refractivity contribution in [3.63, 3.8) is 0 Å². The molecule has 134 valence electrons. The van der Waals surface area contributed by atoms with Gasteiger partial charge in [0.15, 0.2) is 0 Å². The first kappa shape index (κ1) is 17.7. The van der Waals surface area contributed by atoms with E-state index < -0.39 is 6.10 Å². The van der Waals surface area contributed by atoms with Crippen molar-refractivity contribution in [3.05, 3.63) is 5.15 Å². The van der Waals surface area contributed by atoms with Gasteiger partial charge >= 0.3 is 6.03 Å². The van der Waals surface area contributed by atoms with Gasteiger partial charge in [-0.05, 0) is 25.7 Å². The molecule has 1 saturated carbocycles. The second kappa shape index (κ2) is 7.81. The second-order valence-electron chi connectivity index (χ2n) is 6.18. The van der Waals surface area contributed by atoms with Crippen LogP contribution >= 0.6 is 23.3 Å². The largest absolute Gasteiger partial charge is 0.472 e. The molecule has 10 heteroatoms. The number of urea groups is 1. The van der Waals surface area contributed by atoms with Crippen molar-refractivity contribution in [1.29, 1.82) is 0 Å². The Bertz CT molecular complexity index is 566. The Morgan fingerprint density at radius 3 is 2.83 bits per heavy atom. The SMILES string of the molecule is O=C1NCCN1C1(NCC(O)COc2nsnc2Cl)CCCCC1. The van der Waals surface area contributed by atoms with E-state index in [1.807, 2.05) is 4.90 Å². The van der Waals surface area contributed by atoms with E-state index in [0.29, 0.717) is 19.6 Å². The third-order valence-electron chi connectivity index (χ3n) is 4.55. The van der Waals surface area contributed by atoms with Crippen LogP contribution in [0, 0.1) is 0 Å². The molecule has 1 aromatic rings. The number of amides is 2. The molecule has 2 heterocycles. The van der Waals surface area contributed by atoms with Gasteiger partial charge in [-0.3, -0.25) is 5.32 Å². The summed E-state index contributed by atoms with van der Waals surface area (Å²) in [5.74, 6) is 0.243. The third-order valence-corrected chi connectivity index (χ3v) is 5.41. The zero-order chi connectivity index (χ0) is 17.0. The van der Waals surface area contributed by atoms with Crippen LogP contribution in [-0.4, -0.2) is 62.8 Å². The van der Waals surface area contributed by atoms with Crippen molar-refractivity contribution < 1.29 is 14.6 Å². The molecule has 1 atom stereocenters. The number of ether oxygens (including phenoxy) is 1. The molecule has 1 unspecified atom stereocenters. The number of carbonyl (C=O) groups is 1. The number of hydrogen-bond acceptors (Lipinski definition) is 7. The Labute approximate surface area is 149 Å². The van der Waals surface area contributed by atoms with Crippen molar-refractivity contribution in [2.24, 2.45) is 0 Å². The molecule has 2 fully saturated rings. The number of aromatic nitrogens is 2. The number of rotatable bonds is 7. The van der Waals surface area contributed by atoms with E-state index in [4.69, 9.17) is 16.3 Å². The molecule has 1 aliphatic heterocycles. The van der Waals surface area contributed by atoms with Crippen LogP contribution in [0.1, 0.15) is 32.1 Å². The number of nitrogens with zero attached hydrogens (tertiary/aromatic N) is 3. The van der Waals surface area contributed by atoms with Crippen LogP contribution in [0.25, 0.3) is 0 Å². The fourth-order valence-electron chi connectivity index (χ4n) is 3.36. The molecule has 3 N–H and O–H groups in total. The molecule has 8 nitrogen and oxygen atoms in total. The third kappa shape index (κ3) is 3.90. The lowest BCUT2D eigenvalue weighted by molar-refractivity contribution is 0.0376. The predicted molar refractivity (Wildman–Crippen MR) is 90.3 cm³/mol. The van der Waals surface area contributed by atoms with Gasteiger partial charge in [0.05, 0.1) is 17.4 Å². The predicted octanol–water partition coefficient (Wildman–Crippen LogP) is 1.21. The van der Waals surface area contributed by atoms with Gasteiger partial charge < -0.3 is 20.1 Å². The second-order valence-corrected chi connectivity index (χ2v) is 7.07. The van der Waals surface area contributed by atoms with Crippen LogP contribution in [0.2, 0.25) is 5.15 Å². The van der Waals surface area contributed by atoms with Crippen molar-refractivity contribution in [2.45, 2.75) is 43.9 Å². The summed E-state index contributed by atoms with van der Waals surface area (Å²) in [6.45, 7) is 1.77. The van der Waals surface area contributed by atoms with Crippen LogP contribution in [0.5, 0.6) is 5.88 Å². The zero-order valence-electron chi connectivity index (χ0n) is 13.3. The molecular formula is C14H22ClN5O3S. The smallest absolute Gasteiger partial charge is 0.318 e. The standard InChI is InChI=1S/C14H22ClN5O3S/c15-11-12(19-24-18-11)23-9-10(21)8-17-14(4-2-1-3-5-14)20-7-6-16-13(20)22/h10,17,21H,1-9H2,(H,16,22). The molecule has 0 radical (unpaired) electrons. The fraction of sp³-hybridized carbons (Fsp3) is 0.786. The van der Waals surface area contributed by atoms with Crippen LogP contribution in [0.4, 0.5) is 4.79 Å². The first-order valence-electron chi connectivity index (χ1n) is 8.20. The molecule has 0 spiro atoms. The number of aliphatic hydroxyl groups excluding tert-OH is 1. The van der Waals surface area contributed by atoms with E-state index in [9.17, 15) is 9.90 Å². The van der Waals surface area contributed by atoms with Crippen molar-refractivity contribution in [3.8, 4) is 5.88 Å². The molecule has 2 aliphatic rings. The summed E-state index contributed by atoms with van der Waals surface area (Å²) in [6, 6.07) is -0.0320. The van der Waals surface area contributed by atoms with Crippen LogP contribution in [0.3, 0.4) is 0 Å². The maximum absolute atomic E-state index is 12.1. The van der Waals surface area contributed by atoms with Crippen molar-refractivity contribution >= 4 is 29.4 Å². The maximum atomic E-state index is 12.1. The van der Waals surface area contributed by atoms with Crippen molar-refractivity contribution in [2.75, 3.05) is 26.2 Å². The normalized spacial score (nSPS) is 21.6. The van der Waals surface area contributed by atoms with Gasteiger partial charge in [-0.1, -0.05) is 18.0 Å². The monoisotopic (exact) mass is 375 g/mol. The average Bonchev–Trinajstić information content (AvgIpc) is 3.20. The van der Waals surface area contributed by atoms with Gasteiger partial charge in [-0.2, -0.15) is 4.37 Å². The molecule has 1 aliphatic carbocycles. The van der Waals surface area contributed by atoms with Crippen molar-refractivity contribution in [1.82, 2.24) is 24.3 Å². The van der Waals surface area contributed by atoms with Gasteiger partial charge in [-0.15, -0.1) is 4.37 Å². The Morgan fingerprint density at radius 2 is 2.21 bits per heavy atom. The molecular weight excluding hydrogens is 354 g/mol. The van der Waals surface area contributed by atoms with E-state index in [1.165, 1.54) is 6.42 Å². The van der Waals surface area contributed by atoms with Gasteiger partial charge in [0.25, 0.3) is 5.88 Å². The molecule has 24 heavy (non-hydrogen) atoms. The summed E-state index contributed by atoms with van der Waals surface area (Å²) in [4.78, 5) is 14.0. The zero-order valence-corrected chi connectivity index (χ0v) is 14.9. The molecule has 1 saturated heterocycles. The summed E-state index contributed by atoms with van der Waals surface area (Å²) >= 11 is 6.77. The number of nitrogens with one attached hydrogen (secondary N) is 2. The summed E-state index contributed by atoms with van der Waals surface area (Å²) in [5.41, 5.74) is -0.375. The number of aliphatic hydroxyl groups is 1. The Kier molecular flexibility index (Phi) is 5.75. The van der Waals surface area contributed by atoms with E-state index in [0.717, 1.165) is 37.4 Å². The molecule has 0 aromatic carbocycles. The first-order valence-corrected chi connectivity index (χ1v) is 9.31. The molecule has 0 bridgehead atoms. The first-order chi connectivity index (χ1) is 11.6. The van der Waals surface area contributed by atoms with Crippen LogP contribution < -0.4 is 15.4 Å². The fourth-order valence-corrected chi connectivity index (χ4v) is 4.00. The van der Waals surface area contributed by atoms with E-state index in [2.05, 4.69) is 19.4 Å². The highest BCUT2D eigenvalue weighted by atomic mass is 35.5.